The predicted octanol–water partition coefficient (Wildman–Crippen LogP) is 2.27. The number of hydrogen-bond acceptors (Lipinski definition) is 4. The number of hydrogen-bond donors (Lipinski definition) is 1. The smallest absolute Gasteiger partial charge is 0.125 e. The molecule has 2 aliphatic rings. The van der Waals surface area contributed by atoms with E-state index < -0.39 is 0 Å². The summed E-state index contributed by atoms with van der Waals surface area (Å²) in [5.41, 5.74) is 5.24. The molecule has 21 heavy (non-hydrogen) atoms. The second-order valence-electron chi connectivity index (χ2n) is 5.67. The van der Waals surface area contributed by atoms with Gasteiger partial charge in [0, 0.05) is 43.6 Å². The van der Waals surface area contributed by atoms with Crippen LogP contribution in [0.2, 0.25) is 0 Å². The van der Waals surface area contributed by atoms with Crippen molar-refractivity contribution in [1.29, 1.82) is 0 Å². The highest BCUT2D eigenvalue weighted by Crippen LogP contribution is 2.21. The Morgan fingerprint density at radius 3 is 2.86 bits per heavy atom. The molecular formula is C17H22N4. The van der Waals surface area contributed by atoms with Gasteiger partial charge in [0.1, 0.15) is 5.82 Å². The second kappa shape index (κ2) is 6.22. The van der Waals surface area contributed by atoms with Gasteiger partial charge in [-0.05, 0) is 43.7 Å². The molecule has 0 saturated heterocycles. The molecule has 1 N–H and O–H groups in total. The summed E-state index contributed by atoms with van der Waals surface area (Å²) in [6.07, 6.45) is 11.7. The van der Waals surface area contributed by atoms with E-state index in [0.717, 1.165) is 44.1 Å². The fourth-order valence-corrected chi connectivity index (χ4v) is 2.83. The normalized spacial score (nSPS) is 19.0. The molecule has 0 saturated carbocycles. The van der Waals surface area contributed by atoms with Crippen LogP contribution in [-0.4, -0.2) is 34.5 Å². The first-order valence-electron chi connectivity index (χ1n) is 7.52. The highest BCUT2D eigenvalue weighted by Gasteiger charge is 2.16. The fraction of sp³-hybridized carbons (Fsp3) is 0.412. The number of aryl methyl sites for hydroxylation is 2. The molecule has 2 aliphatic heterocycles. The summed E-state index contributed by atoms with van der Waals surface area (Å²) in [7, 11) is 0. The average Bonchev–Trinajstić information content (AvgIpc) is 2.52. The zero-order valence-corrected chi connectivity index (χ0v) is 12.8. The molecule has 1 aromatic rings. The lowest BCUT2D eigenvalue weighted by Crippen LogP contribution is -2.30. The molecule has 110 valence electrons. The minimum atomic E-state index is 0.849. The van der Waals surface area contributed by atoms with Crippen LogP contribution >= 0.6 is 0 Å². The molecular weight excluding hydrogens is 260 g/mol. The Hall–Kier alpha value is -1.94. The zero-order chi connectivity index (χ0) is 14.7. The summed E-state index contributed by atoms with van der Waals surface area (Å²) in [6, 6.07) is 0. The number of nitrogens with zero attached hydrogens (tertiary/aromatic N) is 3. The minimum absolute atomic E-state index is 0.849. The van der Waals surface area contributed by atoms with Gasteiger partial charge in [-0.2, -0.15) is 0 Å². The van der Waals surface area contributed by atoms with Gasteiger partial charge < -0.3 is 5.32 Å². The predicted molar refractivity (Wildman–Crippen MR) is 84.7 cm³/mol. The van der Waals surface area contributed by atoms with Gasteiger partial charge in [-0.1, -0.05) is 12.2 Å². The van der Waals surface area contributed by atoms with Crippen LogP contribution in [0, 0.1) is 13.8 Å². The first-order chi connectivity index (χ1) is 10.2. The third-order valence-corrected chi connectivity index (χ3v) is 4.11. The van der Waals surface area contributed by atoms with Crippen LogP contribution in [0.15, 0.2) is 41.8 Å². The molecule has 4 nitrogen and oxygen atoms in total. The Balaban J connectivity index is 1.64. The van der Waals surface area contributed by atoms with Crippen molar-refractivity contribution in [2.75, 3.05) is 19.6 Å². The Morgan fingerprint density at radius 2 is 2.19 bits per heavy atom. The molecule has 0 fully saturated rings. The van der Waals surface area contributed by atoms with Crippen LogP contribution in [0.4, 0.5) is 0 Å². The number of allylic oxidation sites excluding steroid dienone is 2. The fourth-order valence-electron chi connectivity index (χ4n) is 2.83. The lowest BCUT2D eigenvalue weighted by atomic mass is 9.97. The van der Waals surface area contributed by atoms with E-state index in [0.29, 0.717) is 0 Å². The van der Waals surface area contributed by atoms with Crippen LogP contribution in [0.1, 0.15) is 23.5 Å². The van der Waals surface area contributed by atoms with E-state index in [-0.39, 0.29) is 0 Å². The van der Waals surface area contributed by atoms with Crippen molar-refractivity contribution in [2.45, 2.75) is 26.8 Å². The van der Waals surface area contributed by atoms with Crippen LogP contribution < -0.4 is 5.32 Å². The largest absolute Gasteiger partial charge is 0.387 e. The Kier molecular flexibility index (Phi) is 4.15. The van der Waals surface area contributed by atoms with Crippen molar-refractivity contribution in [3.8, 4) is 0 Å². The van der Waals surface area contributed by atoms with Crippen molar-refractivity contribution in [1.82, 2.24) is 20.2 Å². The van der Waals surface area contributed by atoms with Crippen LogP contribution in [0.25, 0.3) is 0 Å². The summed E-state index contributed by atoms with van der Waals surface area (Å²) in [5.74, 6) is 0.849. The van der Waals surface area contributed by atoms with Gasteiger partial charge in [0.25, 0.3) is 0 Å². The van der Waals surface area contributed by atoms with E-state index in [1.807, 2.05) is 19.3 Å². The molecule has 0 aliphatic carbocycles. The third kappa shape index (κ3) is 3.39. The molecule has 0 radical (unpaired) electrons. The van der Waals surface area contributed by atoms with Crippen LogP contribution in [-0.2, 0) is 6.54 Å². The SMILES string of the molecule is Cc1ncc(CN2CC=C(C3=CC=CNC3)CC2)c(C)n1. The number of nitrogens with one attached hydrogen (secondary N) is 1. The molecule has 0 unspecified atom stereocenters. The van der Waals surface area contributed by atoms with Gasteiger partial charge in [0.05, 0.1) is 0 Å². The van der Waals surface area contributed by atoms with E-state index in [9.17, 15) is 0 Å². The van der Waals surface area contributed by atoms with Crippen molar-refractivity contribution >= 4 is 0 Å². The molecule has 0 spiro atoms. The van der Waals surface area contributed by atoms with Gasteiger partial charge >= 0.3 is 0 Å². The topological polar surface area (TPSA) is 41.1 Å². The van der Waals surface area contributed by atoms with Gasteiger partial charge in [0.2, 0.25) is 0 Å². The monoisotopic (exact) mass is 282 g/mol. The third-order valence-electron chi connectivity index (χ3n) is 4.11. The van der Waals surface area contributed by atoms with Gasteiger partial charge in [-0.15, -0.1) is 0 Å². The standard InChI is InChI=1S/C17H22N4/c1-13-17(11-19-14(2)20-13)12-21-8-5-15(6-9-21)16-4-3-7-18-10-16/h3-5,7,11,18H,6,8-10,12H2,1-2H3. The van der Waals surface area contributed by atoms with Crippen molar-refractivity contribution in [3.63, 3.8) is 0 Å². The molecule has 0 amide bonds. The van der Waals surface area contributed by atoms with Crippen molar-refractivity contribution in [3.05, 3.63) is 58.9 Å². The molecule has 1 aromatic heterocycles. The lowest BCUT2D eigenvalue weighted by Gasteiger charge is -2.28. The first-order valence-corrected chi connectivity index (χ1v) is 7.52. The van der Waals surface area contributed by atoms with Crippen molar-refractivity contribution < 1.29 is 0 Å². The molecule has 3 heterocycles. The average molecular weight is 282 g/mol. The van der Waals surface area contributed by atoms with E-state index in [1.54, 1.807) is 0 Å². The van der Waals surface area contributed by atoms with Gasteiger partial charge in [-0.3, -0.25) is 4.90 Å². The van der Waals surface area contributed by atoms with E-state index >= 15 is 0 Å². The van der Waals surface area contributed by atoms with Crippen LogP contribution in [0.3, 0.4) is 0 Å². The maximum Gasteiger partial charge on any atom is 0.125 e. The highest BCUT2D eigenvalue weighted by molar-refractivity contribution is 5.38. The van der Waals surface area contributed by atoms with E-state index in [1.165, 1.54) is 16.7 Å². The Morgan fingerprint density at radius 1 is 1.29 bits per heavy atom. The molecule has 0 aromatic carbocycles. The minimum Gasteiger partial charge on any atom is -0.387 e. The van der Waals surface area contributed by atoms with Crippen LogP contribution in [0.5, 0.6) is 0 Å². The quantitative estimate of drug-likeness (QED) is 0.923. The number of dihydropyridines is 1. The maximum absolute atomic E-state index is 4.45. The number of rotatable bonds is 3. The maximum atomic E-state index is 4.45. The summed E-state index contributed by atoms with van der Waals surface area (Å²) in [4.78, 5) is 11.2. The lowest BCUT2D eigenvalue weighted by molar-refractivity contribution is 0.285. The Labute approximate surface area is 126 Å². The summed E-state index contributed by atoms with van der Waals surface area (Å²) in [5, 5.41) is 3.28. The highest BCUT2D eigenvalue weighted by atomic mass is 15.1. The van der Waals surface area contributed by atoms with Crippen molar-refractivity contribution in [2.24, 2.45) is 0 Å². The molecule has 3 rings (SSSR count). The Bertz CT molecular complexity index is 613. The first kappa shape index (κ1) is 14.0. The molecule has 0 atom stereocenters. The molecule has 4 heteroatoms. The number of aromatic nitrogens is 2. The molecule has 0 bridgehead atoms. The van der Waals surface area contributed by atoms with Gasteiger partial charge in [-0.25, -0.2) is 9.97 Å². The van der Waals surface area contributed by atoms with Gasteiger partial charge in [0.15, 0.2) is 0 Å². The van der Waals surface area contributed by atoms with E-state index in [2.05, 4.69) is 45.3 Å². The second-order valence-corrected chi connectivity index (χ2v) is 5.67. The van der Waals surface area contributed by atoms with E-state index in [4.69, 9.17) is 0 Å². The summed E-state index contributed by atoms with van der Waals surface area (Å²) in [6.45, 7) is 8.00. The summed E-state index contributed by atoms with van der Waals surface area (Å²) >= 11 is 0. The zero-order valence-electron chi connectivity index (χ0n) is 12.8. The summed E-state index contributed by atoms with van der Waals surface area (Å²) < 4.78 is 0.